The van der Waals surface area contributed by atoms with Crippen LogP contribution in [-0.4, -0.2) is 54.2 Å². The number of hydrogen-bond donors (Lipinski definition) is 3. The summed E-state index contributed by atoms with van der Waals surface area (Å²) >= 11 is 0. The van der Waals surface area contributed by atoms with Crippen molar-refractivity contribution in [3.8, 4) is 0 Å². The molecule has 0 bridgehead atoms. The maximum absolute atomic E-state index is 11.0. The fourth-order valence-corrected chi connectivity index (χ4v) is 2.01. The van der Waals surface area contributed by atoms with Crippen molar-refractivity contribution in [3.05, 3.63) is 22.2 Å². The standard InChI is InChI=1S/C11H18N6O3/c1-16-4-5-20-8(7-16)6-13-11-9(17(18)19)2-3-10(14-11)15-12/h2-3,8H,4-7,12H2,1H3,(H2,13,14,15). The van der Waals surface area contributed by atoms with Crippen LogP contribution in [-0.2, 0) is 4.74 Å². The molecule has 9 nitrogen and oxygen atoms in total. The largest absolute Gasteiger partial charge is 0.374 e. The number of nitro groups is 1. The smallest absolute Gasteiger partial charge is 0.311 e. The van der Waals surface area contributed by atoms with Gasteiger partial charge in [0.05, 0.1) is 17.6 Å². The van der Waals surface area contributed by atoms with Gasteiger partial charge in [-0.05, 0) is 13.1 Å². The number of ether oxygens (including phenoxy) is 1. The molecule has 0 aromatic carbocycles. The number of anilines is 2. The average molecular weight is 282 g/mol. The van der Waals surface area contributed by atoms with E-state index in [1.165, 1.54) is 12.1 Å². The van der Waals surface area contributed by atoms with E-state index >= 15 is 0 Å². The molecule has 0 amide bonds. The second kappa shape index (κ2) is 6.46. The molecule has 1 aromatic rings. The Hall–Kier alpha value is -1.97. The Morgan fingerprint density at radius 2 is 2.45 bits per heavy atom. The van der Waals surface area contributed by atoms with Crippen molar-refractivity contribution in [2.45, 2.75) is 6.10 Å². The van der Waals surface area contributed by atoms with Crippen LogP contribution in [0.5, 0.6) is 0 Å². The number of morpholine rings is 1. The molecule has 9 heteroatoms. The summed E-state index contributed by atoms with van der Waals surface area (Å²) in [4.78, 5) is 16.7. The molecule has 1 atom stereocenters. The van der Waals surface area contributed by atoms with Crippen LogP contribution in [0.2, 0.25) is 0 Å². The first kappa shape index (κ1) is 14.4. The highest BCUT2D eigenvalue weighted by Gasteiger charge is 2.20. The molecule has 0 radical (unpaired) electrons. The third-order valence-corrected chi connectivity index (χ3v) is 3.06. The summed E-state index contributed by atoms with van der Waals surface area (Å²) in [6.45, 7) is 2.77. The molecule has 0 aliphatic carbocycles. The topological polar surface area (TPSA) is 119 Å². The Balaban J connectivity index is 2.05. The van der Waals surface area contributed by atoms with E-state index in [-0.39, 0.29) is 17.6 Å². The monoisotopic (exact) mass is 282 g/mol. The van der Waals surface area contributed by atoms with Gasteiger partial charge in [-0.25, -0.2) is 10.8 Å². The normalized spacial score (nSPS) is 19.6. The SMILES string of the molecule is CN1CCOC(CNc2nc(NN)ccc2[N+](=O)[O-])C1. The summed E-state index contributed by atoms with van der Waals surface area (Å²) in [5, 5.41) is 13.9. The van der Waals surface area contributed by atoms with E-state index in [1.807, 2.05) is 7.05 Å². The maximum Gasteiger partial charge on any atom is 0.311 e. The second-order valence-electron chi connectivity index (χ2n) is 4.60. The van der Waals surface area contributed by atoms with Gasteiger partial charge in [0.2, 0.25) is 5.82 Å². The fourth-order valence-electron chi connectivity index (χ4n) is 2.01. The number of hydrogen-bond acceptors (Lipinski definition) is 8. The van der Waals surface area contributed by atoms with Gasteiger partial charge in [-0.1, -0.05) is 0 Å². The van der Waals surface area contributed by atoms with Gasteiger partial charge in [0.15, 0.2) is 0 Å². The molecule has 0 spiro atoms. The van der Waals surface area contributed by atoms with Crippen LogP contribution in [0.4, 0.5) is 17.3 Å². The molecule has 1 saturated heterocycles. The van der Waals surface area contributed by atoms with Crippen molar-refractivity contribution in [2.75, 3.05) is 44.0 Å². The molecule has 1 aliphatic heterocycles. The van der Waals surface area contributed by atoms with Crippen molar-refractivity contribution >= 4 is 17.3 Å². The van der Waals surface area contributed by atoms with E-state index in [0.29, 0.717) is 19.0 Å². The lowest BCUT2D eigenvalue weighted by Gasteiger charge is -2.30. The molecule has 110 valence electrons. The van der Waals surface area contributed by atoms with Gasteiger partial charge >= 0.3 is 5.69 Å². The minimum atomic E-state index is -0.483. The number of hydrazine groups is 1. The van der Waals surface area contributed by atoms with Gasteiger partial charge in [-0.15, -0.1) is 0 Å². The molecule has 20 heavy (non-hydrogen) atoms. The predicted octanol–water partition coefficient (Wildman–Crippen LogP) is 0.0179. The Morgan fingerprint density at radius 3 is 3.10 bits per heavy atom. The zero-order valence-corrected chi connectivity index (χ0v) is 11.2. The number of rotatable bonds is 5. The van der Waals surface area contributed by atoms with E-state index < -0.39 is 4.92 Å². The molecule has 4 N–H and O–H groups in total. The third-order valence-electron chi connectivity index (χ3n) is 3.06. The number of aromatic nitrogens is 1. The first-order valence-electron chi connectivity index (χ1n) is 6.26. The van der Waals surface area contributed by atoms with Gasteiger partial charge in [0, 0.05) is 25.7 Å². The molecule has 0 saturated carbocycles. The van der Waals surface area contributed by atoms with Crippen molar-refractivity contribution < 1.29 is 9.66 Å². The molecule has 1 aromatic heterocycles. The van der Waals surface area contributed by atoms with E-state index in [9.17, 15) is 10.1 Å². The Labute approximate surface area is 116 Å². The summed E-state index contributed by atoms with van der Waals surface area (Å²) in [6.07, 6.45) is -0.0235. The van der Waals surface area contributed by atoms with Gasteiger partial charge in [-0.2, -0.15) is 0 Å². The van der Waals surface area contributed by atoms with Gasteiger partial charge in [0.25, 0.3) is 0 Å². The van der Waals surface area contributed by atoms with Gasteiger partial charge < -0.3 is 20.4 Å². The lowest BCUT2D eigenvalue weighted by Crippen LogP contribution is -2.43. The summed E-state index contributed by atoms with van der Waals surface area (Å²) in [6, 6.07) is 2.81. The number of nitrogens with one attached hydrogen (secondary N) is 2. The summed E-state index contributed by atoms with van der Waals surface area (Å²) in [5.41, 5.74) is 2.28. The molecule has 1 aliphatic rings. The number of likely N-dealkylation sites (N-methyl/N-ethyl adjacent to an activating group) is 1. The van der Waals surface area contributed by atoms with Gasteiger partial charge in [0.1, 0.15) is 5.82 Å². The fraction of sp³-hybridized carbons (Fsp3) is 0.545. The van der Waals surface area contributed by atoms with Crippen LogP contribution in [0, 0.1) is 10.1 Å². The number of nitrogen functional groups attached to an aromatic ring is 1. The van der Waals surface area contributed by atoms with Crippen molar-refractivity contribution in [1.82, 2.24) is 9.88 Å². The minimum absolute atomic E-state index is 0.0235. The van der Waals surface area contributed by atoms with Crippen LogP contribution in [0.1, 0.15) is 0 Å². The number of nitrogens with zero attached hydrogens (tertiary/aromatic N) is 3. The Morgan fingerprint density at radius 1 is 1.65 bits per heavy atom. The first-order chi connectivity index (χ1) is 9.60. The zero-order chi connectivity index (χ0) is 14.5. The summed E-state index contributed by atoms with van der Waals surface area (Å²) in [5.74, 6) is 5.80. The third kappa shape index (κ3) is 3.53. The minimum Gasteiger partial charge on any atom is -0.374 e. The van der Waals surface area contributed by atoms with Crippen molar-refractivity contribution in [2.24, 2.45) is 5.84 Å². The highest BCUT2D eigenvalue weighted by atomic mass is 16.6. The zero-order valence-electron chi connectivity index (χ0n) is 11.2. The lowest BCUT2D eigenvalue weighted by atomic mass is 10.2. The van der Waals surface area contributed by atoms with Crippen LogP contribution in [0.25, 0.3) is 0 Å². The van der Waals surface area contributed by atoms with Crippen LogP contribution < -0.4 is 16.6 Å². The average Bonchev–Trinajstić information content (AvgIpc) is 2.44. The van der Waals surface area contributed by atoms with Crippen LogP contribution in [0.3, 0.4) is 0 Å². The van der Waals surface area contributed by atoms with Gasteiger partial charge in [-0.3, -0.25) is 10.1 Å². The quantitative estimate of drug-likeness (QED) is 0.393. The summed E-state index contributed by atoms with van der Waals surface area (Å²) < 4.78 is 5.58. The van der Waals surface area contributed by atoms with E-state index in [4.69, 9.17) is 10.6 Å². The molecule has 2 heterocycles. The van der Waals surface area contributed by atoms with Crippen molar-refractivity contribution in [1.29, 1.82) is 0 Å². The first-order valence-corrected chi connectivity index (χ1v) is 6.26. The number of nitrogens with two attached hydrogens (primary N) is 1. The molecule has 2 rings (SSSR count). The Kier molecular flexibility index (Phi) is 4.66. The molecule has 1 unspecified atom stereocenters. The van der Waals surface area contributed by atoms with E-state index in [0.717, 1.165) is 13.1 Å². The number of pyridine rings is 1. The molecule has 1 fully saturated rings. The lowest BCUT2D eigenvalue weighted by molar-refractivity contribution is -0.384. The van der Waals surface area contributed by atoms with Crippen LogP contribution >= 0.6 is 0 Å². The molecular weight excluding hydrogens is 264 g/mol. The summed E-state index contributed by atoms with van der Waals surface area (Å²) in [7, 11) is 2.01. The highest BCUT2D eigenvalue weighted by molar-refractivity contribution is 5.60. The van der Waals surface area contributed by atoms with E-state index in [1.54, 1.807) is 0 Å². The Bertz CT molecular complexity index is 483. The maximum atomic E-state index is 11.0. The van der Waals surface area contributed by atoms with E-state index in [2.05, 4.69) is 20.6 Å². The molecular formula is C11H18N6O3. The van der Waals surface area contributed by atoms with Crippen molar-refractivity contribution in [3.63, 3.8) is 0 Å². The highest BCUT2D eigenvalue weighted by Crippen LogP contribution is 2.23. The van der Waals surface area contributed by atoms with Crippen LogP contribution in [0.15, 0.2) is 12.1 Å². The predicted molar refractivity (Wildman–Crippen MR) is 74.4 cm³/mol. The second-order valence-corrected chi connectivity index (χ2v) is 4.60.